The Morgan fingerprint density at radius 1 is 1.38 bits per heavy atom. The molecule has 0 aliphatic heterocycles. The molecule has 0 bridgehead atoms. The zero-order valence-corrected chi connectivity index (χ0v) is 11.6. The van der Waals surface area contributed by atoms with E-state index in [1.165, 1.54) is 19.1 Å². The van der Waals surface area contributed by atoms with Gasteiger partial charge in [0.2, 0.25) is 0 Å². The van der Waals surface area contributed by atoms with Gasteiger partial charge in [-0.2, -0.15) is 18.4 Å². The quantitative estimate of drug-likeness (QED) is 0.909. The molecule has 0 heterocycles. The molecule has 114 valence electrons. The Morgan fingerprint density at radius 2 is 2.00 bits per heavy atom. The smallest absolute Gasteiger partial charge is 0.419 e. The maximum atomic E-state index is 12.8. The molecule has 1 N–H and O–H groups in total. The first-order valence-corrected chi connectivity index (χ1v) is 6.26. The van der Waals surface area contributed by atoms with E-state index in [9.17, 15) is 18.0 Å². The molecule has 0 aliphatic rings. The highest BCUT2D eigenvalue weighted by Crippen LogP contribution is 2.36. The highest BCUT2D eigenvalue weighted by Gasteiger charge is 2.34. The normalized spacial score (nSPS) is 13.9. The molecule has 0 radical (unpaired) electrons. The minimum Gasteiger partial charge on any atom is -0.480 e. The first-order valence-electron chi connectivity index (χ1n) is 6.26. The van der Waals surface area contributed by atoms with E-state index in [1.54, 1.807) is 6.92 Å². The van der Waals surface area contributed by atoms with E-state index >= 15 is 0 Å². The van der Waals surface area contributed by atoms with E-state index in [2.05, 4.69) is 5.32 Å². The van der Waals surface area contributed by atoms with Crippen LogP contribution in [0.5, 0.6) is 5.75 Å². The van der Waals surface area contributed by atoms with Gasteiger partial charge in [-0.1, -0.05) is 12.1 Å². The standard InChI is InChI=1S/C14H15F3N2O2/c1-9(7-8-18)19-13(20)10(2)21-12-6-4-3-5-11(12)14(15,16)17/h3-6,9-10H,7H2,1-2H3,(H,19,20)/t9-,10-/m0/s1. The number of para-hydroxylation sites is 1. The molecular weight excluding hydrogens is 285 g/mol. The number of ether oxygens (including phenoxy) is 1. The van der Waals surface area contributed by atoms with Crippen LogP contribution in [0.2, 0.25) is 0 Å². The van der Waals surface area contributed by atoms with E-state index in [-0.39, 0.29) is 6.42 Å². The molecule has 1 amide bonds. The fourth-order valence-corrected chi connectivity index (χ4v) is 1.60. The Morgan fingerprint density at radius 3 is 2.57 bits per heavy atom. The molecule has 1 aromatic rings. The molecule has 0 unspecified atom stereocenters. The number of alkyl halides is 3. The Kier molecular flexibility index (Phi) is 5.59. The summed E-state index contributed by atoms with van der Waals surface area (Å²) in [5.41, 5.74) is -0.935. The van der Waals surface area contributed by atoms with E-state index in [1.807, 2.05) is 6.07 Å². The SMILES string of the molecule is C[C@H](Oc1ccccc1C(F)(F)F)C(=O)N[C@@H](C)CC#N. The van der Waals surface area contributed by atoms with Gasteiger partial charge in [-0.25, -0.2) is 0 Å². The number of amides is 1. The highest BCUT2D eigenvalue weighted by molar-refractivity contribution is 5.81. The second kappa shape index (κ2) is 6.97. The van der Waals surface area contributed by atoms with Crippen molar-refractivity contribution < 1.29 is 22.7 Å². The molecular formula is C14H15F3N2O2. The van der Waals surface area contributed by atoms with Crippen molar-refractivity contribution in [1.82, 2.24) is 5.32 Å². The molecule has 0 saturated heterocycles. The van der Waals surface area contributed by atoms with Crippen LogP contribution in [0.3, 0.4) is 0 Å². The van der Waals surface area contributed by atoms with Crippen LogP contribution in [0, 0.1) is 11.3 Å². The largest absolute Gasteiger partial charge is 0.480 e. The van der Waals surface area contributed by atoms with Crippen molar-refractivity contribution in [3.05, 3.63) is 29.8 Å². The summed E-state index contributed by atoms with van der Waals surface area (Å²) in [4.78, 5) is 11.8. The van der Waals surface area contributed by atoms with Crippen LogP contribution >= 0.6 is 0 Å². The maximum absolute atomic E-state index is 12.8. The van der Waals surface area contributed by atoms with Crippen molar-refractivity contribution in [2.75, 3.05) is 0 Å². The zero-order valence-electron chi connectivity index (χ0n) is 11.6. The van der Waals surface area contributed by atoms with Gasteiger partial charge in [0.25, 0.3) is 5.91 Å². The molecule has 0 spiro atoms. The van der Waals surface area contributed by atoms with Gasteiger partial charge in [-0.05, 0) is 26.0 Å². The predicted octanol–water partition coefficient (Wildman–Crippen LogP) is 2.89. The highest BCUT2D eigenvalue weighted by atomic mass is 19.4. The third-order valence-corrected chi connectivity index (χ3v) is 2.65. The number of nitrogens with zero attached hydrogens (tertiary/aromatic N) is 1. The van der Waals surface area contributed by atoms with Crippen LogP contribution < -0.4 is 10.1 Å². The van der Waals surface area contributed by atoms with Gasteiger partial charge in [0.05, 0.1) is 18.1 Å². The van der Waals surface area contributed by atoms with Gasteiger partial charge in [0.1, 0.15) is 5.75 Å². The van der Waals surface area contributed by atoms with Gasteiger partial charge in [0.15, 0.2) is 6.10 Å². The summed E-state index contributed by atoms with van der Waals surface area (Å²) in [7, 11) is 0. The lowest BCUT2D eigenvalue weighted by Gasteiger charge is -2.19. The van der Waals surface area contributed by atoms with E-state index in [4.69, 9.17) is 10.00 Å². The summed E-state index contributed by atoms with van der Waals surface area (Å²) in [6, 6.07) is 6.18. The zero-order chi connectivity index (χ0) is 16.0. The fourth-order valence-electron chi connectivity index (χ4n) is 1.60. The lowest BCUT2D eigenvalue weighted by molar-refractivity contribution is -0.140. The lowest BCUT2D eigenvalue weighted by atomic mass is 10.2. The average Bonchev–Trinajstić information content (AvgIpc) is 2.38. The van der Waals surface area contributed by atoms with Crippen LogP contribution in [-0.2, 0) is 11.0 Å². The van der Waals surface area contributed by atoms with Crippen LogP contribution in [0.1, 0.15) is 25.8 Å². The monoisotopic (exact) mass is 300 g/mol. The number of benzene rings is 1. The van der Waals surface area contributed by atoms with Gasteiger partial charge in [-0.3, -0.25) is 4.79 Å². The Labute approximate surface area is 120 Å². The predicted molar refractivity (Wildman–Crippen MR) is 69.4 cm³/mol. The van der Waals surface area contributed by atoms with Crippen molar-refractivity contribution in [3.63, 3.8) is 0 Å². The molecule has 0 aliphatic carbocycles. The molecule has 1 aromatic carbocycles. The number of hydrogen-bond acceptors (Lipinski definition) is 3. The number of nitriles is 1. The third-order valence-electron chi connectivity index (χ3n) is 2.65. The van der Waals surface area contributed by atoms with E-state index in [0.29, 0.717) is 0 Å². The van der Waals surface area contributed by atoms with Crippen LogP contribution in [0.25, 0.3) is 0 Å². The number of carbonyl (C=O) groups is 1. The Balaban J connectivity index is 2.78. The number of nitrogens with one attached hydrogen (secondary N) is 1. The topological polar surface area (TPSA) is 62.1 Å². The van der Waals surface area contributed by atoms with Crippen molar-refractivity contribution in [2.45, 2.75) is 38.6 Å². The minimum absolute atomic E-state index is 0.109. The molecule has 4 nitrogen and oxygen atoms in total. The van der Waals surface area contributed by atoms with Crippen molar-refractivity contribution >= 4 is 5.91 Å². The van der Waals surface area contributed by atoms with Crippen molar-refractivity contribution in [3.8, 4) is 11.8 Å². The molecule has 0 fully saturated rings. The number of hydrogen-bond donors (Lipinski definition) is 1. The van der Waals surface area contributed by atoms with Crippen LogP contribution in [0.4, 0.5) is 13.2 Å². The van der Waals surface area contributed by atoms with Crippen LogP contribution in [-0.4, -0.2) is 18.1 Å². The average molecular weight is 300 g/mol. The van der Waals surface area contributed by atoms with E-state index in [0.717, 1.165) is 12.1 Å². The van der Waals surface area contributed by atoms with Gasteiger partial charge < -0.3 is 10.1 Å². The maximum Gasteiger partial charge on any atom is 0.419 e. The van der Waals surface area contributed by atoms with Crippen LogP contribution in [0.15, 0.2) is 24.3 Å². The summed E-state index contributed by atoms with van der Waals surface area (Å²) < 4.78 is 43.5. The molecule has 21 heavy (non-hydrogen) atoms. The third kappa shape index (κ3) is 4.99. The van der Waals surface area contributed by atoms with Crippen molar-refractivity contribution in [1.29, 1.82) is 5.26 Å². The summed E-state index contributed by atoms with van der Waals surface area (Å²) in [6.07, 6.45) is -5.55. The first kappa shape index (κ1) is 16.8. The summed E-state index contributed by atoms with van der Waals surface area (Å²) in [5.74, 6) is -0.977. The lowest BCUT2D eigenvalue weighted by Crippen LogP contribution is -2.41. The van der Waals surface area contributed by atoms with Gasteiger partial charge >= 0.3 is 6.18 Å². The fraction of sp³-hybridized carbons (Fsp3) is 0.429. The second-order valence-corrected chi connectivity index (χ2v) is 4.53. The minimum atomic E-state index is -4.55. The van der Waals surface area contributed by atoms with Gasteiger partial charge in [0, 0.05) is 6.04 Å². The Hall–Kier alpha value is -2.23. The molecule has 7 heteroatoms. The summed E-state index contributed by atoms with van der Waals surface area (Å²) in [6.45, 7) is 2.97. The summed E-state index contributed by atoms with van der Waals surface area (Å²) in [5, 5.41) is 11.0. The van der Waals surface area contributed by atoms with E-state index < -0.39 is 35.5 Å². The van der Waals surface area contributed by atoms with Gasteiger partial charge in [-0.15, -0.1) is 0 Å². The Bertz CT molecular complexity index is 538. The number of rotatable bonds is 5. The number of carbonyl (C=O) groups excluding carboxylic acids is 1. The molecule has 2 atom stereocenters. The van der Waals surface area contributed by atoms with Crippen molar-refractivity contribution in [2.24, 2.45) is 0 Å². The molecule has 1 rings (SSSR count). The second-order valence-electron chi connectivity index (χ2n) is 4.53. The molecule has 0 aromatic heterocycles. The molecule has 0 saturated carbocycles. The summed E-state index contributed by atoms with van der Waals surface area (Å²) >= 11 is 0. The number of halogens is 3. The first-order chi connectivity index (χ1) is 9.75.